The molecule has 2 atom stereocenters. The molecule has 0 amide bonds. The Balaban J connectivity index is 1.77. The van der Waals surface area contributed by atoms with E-state index in [0.29, 0.717) is 5.92 Å². The van der Waals surface area contributed by atoms with Crippen LogP contribution in [0, 0.1) is 0 Å². The molecule has 1 aromatic heterocycles. The van der Waals surface area contributed by atoms with E-state index in [-0.39, 0.29) is 6.04 Å². The zero-order valence-corrected chi connectivity index (χ0v) is 12.9. The van der Waals surface area contributed by atoms with E-state index in [1.165, 1.54) is 10.4 Å². The highest BCUT2D eigenvalue weighted by molar-refractivity contribution is 9.11. The average Bonchev–Trinajstić information content (AvgIpc) is 2.86. The second-order valence-electron chi connectivity index (χ2n) is 4.86. The smallest absolute Gasteiger partial charge is 0.122 e. The standard InChI is InChI=1S/C15H16BrNOS/c16-15-6-5-14(19-15)12(17)9-10-7-8-18-13-4-2-1-3-11(10)13/h1-6,10,12H,7-9,17H2. The van der Waals surface area contributed by atoms with Crippen LogP contribution in [-0.4, -0.2) is 6.61 Å². The first-order valence-corrected chi connectivity index (χ1v) is 8.07. The van der Waals surface area contributed by atoms with Crippen LogP contribution in [0.4, 0.5) is 0 Å². The summed E-state index contributed by atoms with van der Waals surface area (Å²) in [6.45, 7) is 0.794. The molecule has 1 aliphatic heterocycles. The normalized spacial score (nSPS) is 19.6. The summed E-state index contributed by atoms with van der Waals surface area (Å²) in [4.78, 5) is 1.25. The number of nitrogens with two attached hydrogens (primary N) is 1. The maximum atomic E-state index is 6.35. The van der Waals surface area contributed by atoms with Crippen LogP contribution >= 0.6 is 27.3 Å². The Morgan fingerprint density at radius 3 is 2.95 bits per heavy atom. The molecule has 19 heavy (non-hydrogen) atoms. The van der Waals surface area contributed by atoms with Gasteiger partial charge in [0.2, 0.25) is 0 Å². The summed E-state index contributed by atoms with van der Waals surface area (Å²) in [6, 6.07) is 12.6. The van der Waals surface area contributed by atoms with Crippen LogP contribution in [-0.2, 0) is 0 Å². The van der Waals surface area contributed by atoms with Crippen molar-refractivity contribution < 1.29 is 4.74 Å². The van der Waals surface area contributed by atoms with E-state index < -0.39 is 0 Å². The SMILES string of the molecule is NC(CC1CCOc2ccccc21)c1ccc(Br)s1. The number of thiophene rings is 1. The Morgan fingerprint density at radius 2 is 2.16 bits per heavy atom. The lowest BCUT2D eigenvalue weighted by molar-refractivity contribution is 0.259. The van der Waals surface area contributed by atoms with Gasteiger partial charge in [0.1, 0.15) is 5.75 Å². The number of benzene rings is 1. The van der Waals surface area contributed by atoms with E-state index >= 15 is 0 Å². The summed E-state index contributed by atoms with van der Waals surface area (Å²) in [5, 5.41) is 0. The quantitative estimate of drug-likeness (QED) is 0.896. The molecule has 0 fully saturated rings. The molecule has 100 valence electrons. The predicted molar refractivity (Wildman–Crippen MR) is 82.9 cm³/mol. The van der Waals surface area contributed by atoms with Gasteiger partial charge in [0, 0.05) is 10.9 Å². The van der Waals surface area contributed by atoms with Crippen molar-refractivity contribution in [1.82, 2.24) is 0 Å². The topological polar surface area (TPSA) is 35.2 Å². The van der Waals surface area contributed by atoms with Crippen LogP contribution in [0.15, 0.2) is 40.2 Å². The molecule has 2 N–H and O–H groups in total. The van der Waals surface area contributed by atoms with Crippen LogP contribution in [0.1, 0.15) is 35.2 Å². The van der Waals surface area contributed by atoms with Crippen LogP contribution < -0.4 is 10.5 Å². The third-order valence-electron chi connectivity index (χ3n) is 3.58. The van der Waals surface area contributed by atoms with E-state index in [1.807, 2.05) is 6.07 Å². The Kier molecular flexibility index (Phi) is 3.91. The highest BCUT2D eigenvalue weighted by Crippen LogP contribution is 2.39. The summed E-state index contributed by atoms with van der Waals surface area (Å²) in [5.74, 6) is 1.53. The van der Waals surface area contributed by atoms with E-state index in [9.17, 15) is 0 Å². The number of ether oxygens (including phenoxy) is 1. The average molecular weight is 338 g/mol. The fourth-order valence-electron chi connectivity index (χ4n) is 2.61. The van der Waals surface area contributed by atoms with Gasteiger partial charge in [-0.1, -0.05) is 18.2 Å². The van der Waals surface area contributed by atoms with Gasteiger partial charge in [-0.2, -0.15) is 0 Å². The van der Waals surface area contributed by atoms with Crippen LogP contribution in [0.5, 0.6) is 5.75 Å². The predicted octanol–water partition coefficient (Wildman–Crippen LogP) is 4.47. The summed E-state index contributed by atoms with van der Waals surface area (Å²) in [7, 11) is 0. The molecular weight excluding hydrogens is 322 g/mol. The number of halogens is 1. The molecule has 1 aliphatic rings. The van der Waals surface area contributed by atoms with E-state index in [1.54, 1.807) is 11.3 Å². The van der Waals surface area contributed by atoms with Crippen LogP contribution in [0.3, 0.4) is 0 Å². The van der Waals surface area contributed by atoms with Gasteiger partial charge in [-0.15, -0.1) is 11.3 Å². The van der Waals surface area contributed by atoms with E-state index in [2.05, 4.69) is 46.3 Å². The minimum Gasteiger partial charge on any atom is -0.493 e. The second-order valence-corrected chi connectivity index (χ2v) is 7.35. The third kappa shape index (κ3) is 2.86. The summed E-state index contributed by atoms with van der Waals surface area (Å²) in [6.07, 6.45) is 2.03. The number of hydrogen-bond acceptors (Lipinski definition) is 3. The zero-order chi connectivity index (χ0) is 13.2. The van der Waals surface area contributed by atoms with Crippen molar-refractivity contribution in [3.05, 3.63) is 50.6 Å². The van der Waals surface area contributed by atoms with Gasteiger partial charge in [-0.25, -0.2) is 0 Å². The number of rotatable bonds is 3. The van der Waals surface area contributed by atoms with Crippen LogP contribution in [0.2, 0.25) is 0 Å². The highest BCUT2D eigenvalue weighted by Gasteiger charge is 2.24. The molecule has 0 aliphatic carbocycles. The van der Waals surface area contributed by atoms with Crippen molar-refractivity contribution in [2.24, 2.45) is 5.73 Å². The van der Waals surface area contributed by atoms with E-state index in [0.717, 1.165) is 29.0 Å². The Hall–Kier alpha value is -0.840. The van der Waals surface area contributed by atoms with Crippen molar-refractivity contribution in [2.75, 3.05) is 6.61 Å². The zero-order valence-electron chi connectivity index (χ0n) is 10.5. The largest absolute Gasteiger partial charge is 0.493 e. The van der Waals surface area contributed by atoms with Gasteiger partial charge >= 0.3 is 0 Å². The monoisotopic (exact) mass is 337 g/mol. The number of hydrogen-bond donors (Lipinski definition) is 1. The van der Waals surface area contributed by atoms with Gasteiger partial charge in [0.05, 0.1) is 10.4 Å². The number of para-hydroxylation sites is 1. The summed E-state index contributed by atoms with van der Waals surface area (Å²) >= 11 is 5.22. The molecule has 2 aromatic rings. The highest BCUT2D eigenvalue weighted by atomic mass is 79.9. The molecule has 0 saturated carbocycles. The molecule has 1 aromatic carbocycles. The maximum Gasteiger partial charge on any atom is 0.122 e. The maximum absolute atomic E-state index is 6.35. The van der Waals surface area contributed by atoms with Crippen molar-refractivity contribution in [3.63, 3.8) is 0 Å². The fraction of sp³-hybridized carbons (Fsp3) is 0.333. The molecule has 0 saturated heterocycles. The second kappa shape index (κ2) is 5.65. The van der Waals surface area contributed by atoms with Crippen molar-refractivity contribution >= 4 is 27.3 Å². The lowest BCUT2D eigenvalue weighted by Crippen LogP contribution is -2.19. The van der Waals surface area contributed by atoms with Gasteiger partial charge in [0.15, 0.2) is 0 Å². The van der Waals surface area contributed by atoms with Crippen molar-refractivity contribution in [1.29, 1.82) is 0 Å². The molecule has 0 radical (unpaired) electrons. The summed E-state index contributed by atoms with van der Waals surface area (Å²) in [5.41, 5.74) is 7.65. The minimum absolute atomic E-state index is 0.104. The van der Waals surface area contributed by atoms with Crippen molar-refractivity contribution in [2.45, 2.75) is 24.8 Å². The van der Waals surface area contributed by atoms with Gasteiger partial charge in [-0.3, -0.25) is 0 Å². The Morgan fingerprint density at radius 1 is 1.32 bits per heavy atom. The fourth-order valence-corrected chi connectivity index (χ4v) is 4.05. The first-order chi connectivity index (χ1) is 9.24. The first kappa shape index (κ1) is 13.2. The van der Waals surface area contributed by atoms with E-state index in [4.69, 9.17) is 10.5 Å². The third-order valence-corrected chi connectivity index (χ3v) is 5.34. The molecule has 3 rings (SSSR count). The molecule has 4 heteroatoms. The van der Waals surface area contributed by atoms with Crippen molar-refractivity contribution in [3.8, 4) is 5.75 Å². The lowest BCUT2D eigenvalue weighted by Gasteiger charge is -2.27. The van der Waals surface area contributed by atoms with Gasteiger partial charge in [0.25, 0.3) is 0 Å². The Labute approximate surface area is 125 Å². The van der Waals surface area contributed by atoms with Crippen LogP contribution in [0.25, 0.3) is 0 Å². The van der Waals surface area contributed by atoms with Gasteiger partial charge < -0.3 is 10.5 Å². The Bertz CT molecular complexity index is 569. The first-order valence-electron chi connectivity index (χ1n) is 6.46. The molecule has 2 unspecified atom stereocenters. The molecule has 2 heterocycles. The minimum atomic E-state index is 0.104. The molecule has 2 nitrogen and oxygen atoms in total. The molecule has 0 spiro atoms. The molecule has 0 bridgehead atoms. The molecular formula is C15H16BrNOS. The number of fused-ring (bicyclic) bond motifs is 1. The lowest BCUT2D eigenvalue weighted by atomic mass is 9.87. The summed E-state index contributed by atoms with van der Waals surface area (Å²) < 4.78 is 6.84. The van der Waals surface area contributed by atoms with Gasteiger partial charge in [-0.05, 0) is 58.5 Å².